The van der Waals surface area contributed by atoms with Gasteiger partial charge in [-0.2, -0.15) is 0 Å². The molecule has 5 rings (SSSR count). The van der Waals surface area contributed by atoms with Crippen molar-refractivity contribution in [2.75, 3.05) is 45.2 Å². The summed E-state index contributed by atoms with van der Waals surface area (Å²) in [5.41, 5.74) is 0.908. The van der Waals surface area contributed by atoms with Crippen molar-refractivity contribution in [1.29, 1.82) is 0 Å². The lowest BCUT2D eigenvalue weighted by Crippen LogP contribution is -2.44. The van der Waals surface area contributed by atoms with Crippen molar-refractivity contribution in [2.45, 2.75) is 25.3 Å². The molecule has 2 saturated heterocycles. The fourth-order valence-corrected chi connectivity index (χ4v) is 5.25. The molecule has 7 nitrogen and oxygen atoms in total. The van der Waals surface area contributed by atoms with E-state index in [2.05, 4.69) is 25.5 Å². The van der Waals surface area contributed by atoms with E-state index in [1.54, 1.807) is 19.2 Å². The largest absolute Gasteiger partial charge is 0.493 e. The first-order chi connectivity index (χ1) is 16.6. The van der Waals surface area contributed by atoms with Crippen LogP contribution in [0, 0.1) is 11.7 Å². The van der Waals surface area contributed by atoms with Gasteiger partial charge in [0.1, 0.15) is 12.1 Å². The Morgan fingerprint density at radius 3 is 3.03 bits per heavy atom. The number of benzene rings is 2. The minimum absolute atomic E-state index is 0.0443. The number of rotatable bonds is 8. The number of likely N-dealkylation sites (tertiary alicyclic amines) is 1. The molecule has 180 valence electrons. The Morgan fingerprint density at radius 1 is 1.24 bits per heavy atom. The number of piperidine rings is 1. The van der Waals surface area contributed by atoms with Gasteiger partial charge in [-0.3, -0.25) is 4.90 Å². The van der Waals surface area contributed by atoms with Crippen molar-refractivity contribution in [3.05, 3.63) is 47.5 Å². The van der Waals surface area contributed by atoms with Crippen molar-refractivity contribution < 1.29 is 13.9 Å². The van der Waals surface area contributed by atoms with Crippen LogP contribution < -0.4 is 20.1 Å². The molecule has 1 aromatic heterocycles. The van der Waals surface area contributed by atoms with Crippen LogP contribution in [0.25, 0.3) is 10.9 Å². The fourth-order valence-electron chi connectivity index (χ4n) is 5.07. The number of fused-ring (bicyclic) bond motifs is 2. The standard InChI is InChI=1S/C25H29ClFN5O2/c1-33-22-13-20-17(25(30-15-29-20)31-19-5-2-4-18(26)24(19)27)12-23(22)34-11-3-9-32-10-7-16-14-28-8-6-21(16)32/h2,4-5,12-13,15-16,21,28H,3,6-11,14H2,1H3,(H,29,30,31). The van der Waals surface area contributed by atoms with Crippen LogP contribution in [0.5, 0.6) is 11.5 Å². The third kappa shape index (κ3) is 4.76. The summed E-state index contributed by atoms with van der Waals surface area (Å²) in [7, 11) is 1.61. The Kier molecular flexibility index (Phi) is 6.99. The highest BCUT2D eigenvalue weighted by atomic mass is 35.5. The van der Waals surface area contributed by atoms with Crippen LogP contribution in [0.3, 0.4) is 0 Å². The summed E-state index contributed by atoms with van der Waals surface area (Å²) in [6, 6.07) is 9.16. The van der Waals surface area contributed by atoms with E-state index in [-0.39, 0.29) is 10.7 Å². The summed E-state index contributed by atoms with van der Waals surface area (Å²) in [5.74, 6) is 1.93. The van der Waals surface area contributed by atoms with Crippen LogP contribution in [0.2, 0.25) is 5.02 Å². The number of aromatic nitrogens is 2. The van der Waals surface area contributed by atoms with Gasteiger partial charge in [0.15, 0.2) is 17.3 Å². The zero-order valence-electron chi connectivity index (χ0n) is 19.2. The molecule has 2 unspecified atom stereocenters. The molecule has 34 heavy (non-hydrogen) atoms. The maximum atomic E-state index is 14.4. The third-order valence-electron chi connectivity index (χ3n) is 6.80. The minimum atomic E-state index is -0.529. The Hall–Kier alpha value is -2.68. The van der Waals surface area contributed by atoms with Crippen LogP contribution in [0.4, 0.5) is 15.9 Å². The van der Waals surface area contributed by atoms with E-state index in [1.807, 2.05) is 12.1 Å². The van der Waals surface area contributed by atoms with Crippen LogP contribution in [-0.4, -0.2) is 60.8 Å². The van der Waals surface area contributed by atoms with Gasteiger partial charge in [-0.1, -0.05) is 17.7 Å². The van der Waals surface area contributed by atoms with E-state index in [4.69, 9.17) is 21.1 Å². The summed E-state index contributed by atoms with van der Waals surface area (Å²) >= 11 is 5.93. The Labute approximate surface area is 203 Å². The van der Waals surface area contributed by atoms with Gasteiger partial charge in [0.2, 0.25) is 0 Å². The molecule has 3 aromatic rings. The average molecular weight is 486 g/mol. The van der Waals surface area contributed by atoms with Gasteiger partial charge in [-0.05, 0) is 63.0 Å². The number of hydrogen-bond donors (Lipinski definition) is 2. The molecule has 0 bridgehead atoms. The van der Waals surface area contributed by atoms with Crippen LogP contribution in [-0.2, 0) is 0 Å². The van der Waals surface area contributed by atoms with Crippen LogP contribution in [0.15, 0.2) is 36.7 Å². The predicted molar refractivity (Wildman–Crippen MR) is 132 cm³/mol. The van der Waals surface area contributed by atoms with Crippen molar-refractivity contribution in [2.24, 2.45) is 5.92 Å². The Morgan fingerprint density at radius 2 is 2.15 bits per heavy atom. The van der Waals surface area contributed by atoms with E-state index in [0.29, 0.717) is 40.9 Å². The normalized spacial score (nSPS) is 20.3. The number of nitrogens with zero attached hydrogens (tertiary/aromatic N) is 3. The molecule has 2 aliphatic heterocycles. The zero-order valence-corrected chi connectivity index (χ0v) is 19.9. The number of methoxy groups -OCH3 is 1. The average Bonchev–Trinajstić information content (AvgIpc) is 3.27. The summed E-state index contributed by atoms with van der Waals surface area (Å²) in [6.45, 7) is 5.03. The predicted octanol–water partition coefficient (Wildman–Crippen LogP) is 4.63. The highest BCUT2D eigenvalue weighted by Crippen LogP contribution is 2.36. The van der Waals surface area contributed by atoms with Crippen molar-refractivity contribution in [1.82, 2.24) is 20.2 Å². The summed E-state index contributed by atoms with van der Waals surface area (Å²) in [4.78, 5) is 11.3. The first-order valence-electron chi connectivity index (χ1n) is 11.8. The van der Waals surface area contributed by atoms with Gasteiger partial charge in [-0.25, -0.2) is 14.4 Å². The van der Waals surface area contributed by atoms with Gasteiger partial charge in [-0.15, -0.1) is 0 Å². The molecule has 0 aliphatic carbocycles. The SMILES string of the molecule is COc1cc2ncnc(Nc3cccc(Cl)c3F)c2cc1OCCCN1CCC2CNCCC21. The van der Waals surface area contributed by atoms with Crippen molar-refractivity contribution in [3.63, 3.8) is 0 Å². The topological polar surface area (TPSA) is 71.5 Å². The molecular formula is C25H29ClFN5O2. The Balaban J connectivity index is 1.30. The smallest absolute Gasteiger partial charge is 0.165 e. The second-order valence-electron chi connectivity index (χ2n) is 8.82. The van der Waals surface area contributed by atoms with Gasteiger partial charge in [0.05, 0.1) is 29.9 Å². The zero-order chi connectivity index (χ0) is 23.5. The molecule has 2 fully saturated rings. The van der Waals surface area contributed by atoms with E-state index in [0.717, 1.165) is 32.0 Å². The molecule has 2 aliphatic rings. The number of ether oxygens (including phenoxy) is 2. The van der Waals surface area contributed by atoms with Crippen LogP contribution in [0.1, 0.15) is 19.3 Å². The molecule has 2 aromatic carbocycles. The molecule has 0 amide bonds. The molecule has 0 radical (unpaired) electrons. The summed E-state index contributed by atoms with van der Waals surface area (Å²) < 4.78 is 26.1. The van der Waals surface area contributed by atoms with Crippen molar-refractivity contribution >= 4 is 34.0 Å². The van der Waals surface area contributed by atoms with Gasteiger partial charge >= 0.3 is 0 Å². The minimum Gasteiger partial charge on any atom is -0.493 e. The van der Waals surface area contributed by atoms with Gasteiger partial charge < -0.3 is 20.1 Å². The summed E-state index contributed by atoms with van der Waals surface area (Å²) in [6.07, 6.45) is 4.87. The van der Waals surface area contributed by atoms with Crippen LogP contribution >= 0.6 is 11.6 Å². The molecule has 0 spiro atoms. The van der Waals surface area contributed by atoms with E-state index in [1.165, 1.54) is 31.8 Å². The first kappa shape index (κ1) is 23.1. The first-order valence-corrected chi connectivity index (χ1v) is 12.1. The molecular weight excluding hydrogens is 457 g/mol. The summed E-state index contributed by atoms with van der Waals surface area (Å²) in [5, 5.41) is 7.29. The maximum Gasteiger partial charge on any atom is 0.165 e. The van der Waals surface area contributed by atoms with E-state index in [9.17, 15) is 4.39 Å². The number of nitrogens with one attached hydrogen (secondary N) is 2. The second-order valence-corrected chi connectivity index (χ2v) is 9.22. The lowest BCUT2D eigenvalue weighted by molar-refractivity contribution is 0.176. The highest BCUT2D eigenvalue weighted by Gasteiger charge is 2.35. The second kappa shape index (κ2) is 10.3. The van der Waals surface area contributed by atoms with Gasteiger partial charge in [0, 0.05) is 24.0 Å². The lowest BCUT2D eigenvalue weighted by Gasteiger charge is -2.32. The van der Waals surface area contributed by atoms with Crippen molar-refractivity contribution in [3.8, 4) is 11.5 Å². The molecule has 2 atom stereocenters. The molecule has 0 saturated carbocycles. The quantitative estimate of drug-likeness (QED) is 0.451. The number of halogens is 2. The third-order valence-corrected chi connectivity index (χ3v) is 7.09. The fraction of sp³-hybridized carbons (Fsp3) is 0.440. The number of hydrogen-bond acceptors (Lipinski definition) is 7. The van der Waals surface area contributed by atoms with Gasteiger partial charge in [0.25, 0.3) is 0 Å². The number of anilines is 2. The highest BCUT2D eigenvalue weighted by molar-refractivity contribution is 6.31. The Bertz CT molecular complexity index is 1160. The monoisotopic (exact) mass is 485 g/mol. The lowest BCUT2D eigenvalue weighted by atomic mass is 9.94. The molecule has 9 heteroatoms. The maximum absolute atomic E-state index is 14.4. The molecule has 2 N–H and O–H groups in total. The van der Waals surface area contributed by atoms with E-state index >= 15 is 0 Å². The molecule has 3 heterocycles. The van der Waals surface area contributed by atoms with E-state index < -0.39 is 5.82 Å².